The Labute approximate surface area is 204 Å². The number of esters is 1. The zero-order chi connectivity index (χ0) is 24.5. The van der Waals surface area contributed by atoms with Crippen molar-refractivity contribution in [2.24, 2.45) is 0 Å². The van der Waals surface area contributed by atoms with E-state index < -0.39 is 12.0 Å². The maximum Gasteiger partial charge on any atom is 0.308 e. The zero-order valence-corrected chi connectivity index (χ0v) is 20.1. The lowest BCUT2D eigenvalue weighted by atomic mass is 10.0. The molecule has 0 saturated carbocycles. The van der Waals surface area contributed by atoms with Crippen LogP contribution in [0.5, 0.6) is 5.75 Å². The smallest absolute Gasteiger partial charge is 0.308 e. The number of carbonyl (C=O) groups excluding carboxylic acids is 3. The van der Waals surface area contributed by atoms with E-state index in [0.717, 1.165) is 5.56 Å². The topological polar surface area (TPSA) is 97.0 Å². The highest BCUT2D eigenvalue weighted by molar-refractivity contribution is 7.80. The first-order valence-electron chi connectivity index (χ1n) is 11.2. The van der Waals surface area contributed by atoms with Crippen LogP contribution in [0.3, 0.4) is 0 Å². The summed E-state index contributed by atoms with van der Waals surface area (Å²) in [6, 6.07) is 15.6. The SMILES string of the molecule is CC(C)c1ccc(C(=O)NC(=S)N2CCNC(=O)C2CC(=O)OCCOc2ccccc2)cc1. The Morgan fingerprint density at radius 2 is 1.82 bits per heavy atom. The van der Waals surface area contributed by atoms with Gasteiger partial charge >= 0.3 is 5.97 Å². The van der Waals surface area contributed by atoms with Crippen LogP contribution in [-0.4, -0.2) is 60.1 Å². The minimum Gasteiger partial charge on any atom is -0.490 e. The Balaban J connectivity index is 1.52. The highest BCUT2D eigenvalue weighted by Gasteiger charge is 2.34. The van der Waals surface area contributed by atoms with Crippen molar-refractivity contribution in [2.45, 2.75) is 32.2 Å². The fraction of sp³-hybridized carbons (Fsp3) is 0.360. The van der Waals surface area contributed by atoms with Crippen LogP contribution in [-0.2, 0) is 14.3 Å². The Bertz CT molecular complexity index is 1010. The van der Waals surface area contributed by atoms with Crippen LogP contribution in [0.25, 0.3) is 0 Å². The number of rotatable bonds is 8. The predicted molar refractivity (Wildman–Crippen MR) is 132 cm³/mol. The lowest BCUT2D eigenvalue weighted by molar-refractivity contribution is -0.148. The summed E-state index contributed by atoms with van der Waals surface area (Å²) in [6.45, 7) is 5.12. The van der Waals surface area contributed by atoms with Crippen molar-refractivity contribution in [1.29, 1.82) is 0 Å². The number of benzene rings is 2. The van der Waals surface area contributed by atoms with E-state index in [1.54, 1.807) is 29.2 Å². The fourth-order valence-electron chi connectivity index (χ4n) is 3.47. The number of hydrogen-bond acceptors (Lipinski definition) is 6. The van der Waals surface area contributed by atoms with Gasteiger partial charge in [0.25, 0.3) is 5.91 Å². The van der Waals surface area contributed by atoms with E-state index in [2.05, 4.69) is 24.5 Å². The Morgan fingerprint density at radius 1 is 1.12 bits per heavy atom. The third-order valence-electron chi connectivity index (χ3n) is 5.37. The molecule has 8 nitrogen and oxygen atoms in total. The molecule has 2 aromatic carbocycles. The van der Waals surface area contributed by atoms with Crippen molar-refractivity contribution in [3.05, 3.63) is 65.7 Å². The normalized spacial score (nSPS) is 15.4. The van der Waals surface area contributed by atoms with Crippen LogP contribution in [0.15, 0.2) is 54.6 Å². The largest absolute Gasteiger partial charge is 0.490 e. The molecule has 1 heterocycles. The molecule has 34 heavy (non-hydrogen) atoms. The molecule has 1 saturated heterocycles. The molecular formula is C25H29N3O5S. The van der Waals surface area contributed by atoms with Gasteiger partial charge in [0.15, 0.2) is 5.11 Å². The van der Waals surface area contributed by atoms with Crippen LogP contribution in [0, 0.1) is 0 Å². The average Bonchev–Trinajstić information content (AvgIpc) is 2.83. The summed E-state index contributed by atoms with van der Waals surface area (Å²) in [4.78, 5) is 39.0. The van der Waals surface area contributed by atoms with Crippen LogP contribution < -0.4 is 15.4 Å². The minimum atomic E-state index is -0.868. The number of ether oxygens (including phenoxy) is 2. The standard InChI is InChI=1S/C25H29N3O5S/c1-17(2)18-8-10-19(11-9-18)23(30)27-25(34)28-13-12-26-24(31)21(28)16-22(29)33-15-14-32-20-6-4-3-5-7-20/h3-11,17,21H,12-16H2,1-2H3,(H,26,31)(H,27,30,34). The number of nitrogens with zero attached hydrogens (tertiary/aromatic N) is 1. The van der Waals surface area contributed by atoms with Crippen LogP contribution in [0.1, 0.15) is 42.1 Å². The van der Waals surface area contributed by atoms with Crippen molar-refractivity contribution in [3.8, 4) is 5.75 Å². The monoisotopic (exact) mass is 483 g/mol. The molecule has 0 aromatic heterocycles. The lowest BCUT2D eigenvalue weighted by Gasteiger charge is -2.36. The number of piperazine rings is 1. The van der Waals surface area contributed by atoms with Crippen LogP contribution in [0.2, 0.25) is 0 Å². The molecule has 1 fully saturated rings. The molecule has 1 unspecified atom stereocenters. The lowest BCUT2D eigenvalue weighted by Crippen LogP contribution is -2.60. The summed E-state index contributed by atoms with van der Waals surface area (Å²) in [5.74, 6) is -0.235. The molecule has 1 aliphatic heterocycles. The molecular weight excluding hydrogens is 454 g/mol. The molecule has 0 aliphatic carbocycles. The predicted octanol–water partition coefficient (Wildman–Crippen LogP) is 2.64. The molecule has 2 aromatic rings. The van der Waals surface area contributed by atoms with Gasteiger partial charge in [-0.2, -0.15) is 0 Å². The van der Waals surface area contributed by atoms with Gasteiger partial charge < -0.3 is 19.7 Å². The van der Waals surface area contributed by atoms with E-state index >= 15 is 0 Å². The van der Waals surface area contributed by atoms with E-state index in [4.69, 9.17) is 21.7 Å². The second-order valence-electron chi connectivity index (χ2n) is 8.12. The Hall–Kier alpha value is -3.46. The molecule has 1 atom stereocenters. The highest BCUT2D eigenvalue weighted by atomic mass is 32.1. The third-order valence-corrected chi connectivity index (χ3v) is 5.71. The quantitative estimate of drug-likeness (QED) is 0.338. The van der Waals surface area contributed by atoms with E-state index in [9.17, 15) is 14.4 Å². The van der Waals surface area contributed by atoms with Gasteiger partial charge in [0.1, 0.15) is 25.0 Å². The van der Waals surface area contributed by atoms with Gasteiger partial charge in [-0.3, -0.25) is 19.7 Å². The molecule has 2 N–H and O–H groups in total. The van der Waals surface area contributed by atoms with Gasteiger partial charge in [0, 0.05) is 18.7 Å². The summed E-state index contributed by atoms with van der Waals surface area (Å²) < 4.78 is 10.7. The summed E-state index contributed by atoms with van der Waals surface area (Å²) in [5, 5.41) is 5.50. The summed E-state index contributed by atoms with van der Waals surface area (Å²) in [5.41, 5.74) is 1.59. The van der Waals surface area contributed by atoms with E-state index in [-0.39, 0.29) is 36.6 Å². The summed E-state index contributed by atoms with van der Waals surface area (Å²) >= 11 is 5.40. The number of amides is 2. The summed E-state index contributed by atoms with van der Waals surface area (Å²) in [6.07, 6.45) is -0.198. The van der Waals surface area contributed by atoms with Crippen molar-refractivity contribution in [1.82, 2.24) is 15.5 Å². The second-order valence-corrected chi connectivity index (χ2v) is 8.51. The molecule has 9 heteroatoms. The van der Waals surface area contributed by atoms with Crippen LogP contribution >= 0.6 is 12.2 Å². The van der Waals surface area contributed by atoms with Gasteiger partial charge in [-0.1, -0.05) is 44.2 Å². The van der Waals surface area contributed by atoms with Crippen molar-refractivity contribution >= 4 is 35.1 Å². The number of para-hydroxylation sites is 1. The maximum atomic E-state index is 12.6. The first kappa shape index (κ1) is 25.2. The molecule has 2 amide bonds. The van der Waals surface area contributed by atoms with Gasteiger partial charge in [-0.05, 0) is 48.0 Å². The van der Waals surface area contributed by atoms with Crippen molar-refractivity contribution in [3.63, 3.8) is 0 Å². The molecule has 0 radical (unpaired) electrons. The van der Waals surface area contributed by atoms with E-state index in [0.29, 0.717) is 30.3 Å². The van der Waals surface area contributed by atoms with Crippen molar-refractivity contribution < 1.29 is 23.9 Å². The average molecular weight is 484 g/mol. The second kappa shape index (κ2) is 12.1. The molecule has 0 spiro atoms. The van der Waals surface area contributed by atoms with E-state index in [1.165, 1.54) is 0 Å². The van der Waals surface area contributed by atoms with Gasteiger partial charge in [0.05, 0.1) is 6.42 Å². The minimum absolute atomic E-state index is 0.0512. The van der Waals surface area contributed by atoms with Gasteiger partial charge in [0.2, 0.25) is 5.91 Å². The number of thiocarbonyl (C=S) groups is 1. The first-order chi connectivity index (χ1) is 16.3. The molecule has 1 aliphatic rings. The number of nitrogens with one attached hydrogen (secondary N) is 2. The van der Waals surface area contributed by atoms with Crippen LogP contribution in [0.4, 0.5) is 0 Å². The molecule has 180 valence electrons. The number of hydrogen-bond donors (Lipinski definition) is 2. The van der Waals surface area contributed by atoms with Gasteiger partial charge in [-0.15, -0.1) is 0 Å². The first-order valence-corrected chi connectivity index (χ1v) is 11.6. The zero-order valence-electron chi connectivity index (χ0n) is 19.3. The van der Waals surface area contributed by atoms with E-state index in [1.807, 2.05) is 30.3 Å². The number of carbonyl (C=O) groups is 3. The maximum absolute atomic E-state index is 12.6. The Kier molecular flexibility index (Phi) is 8.98. The fourth-order valence-corrected chi connectivity index (χ4v) is 3.78. The van der Waals surface area contributed by atoms with Gasteiger partial charge in [-0.25, -0.2) is 0 Å². The highest BCUT2D eigenvalue weighted by Crippen LogP contribution is 2.15. The Morgan fingerprint density at radius 3 is 2.50 bits per heavy atom. The third kappa shape index (κ3) is 7.02. The van der Waals surface area contributed by atoms with Crippen molar-refractivity contribution in [2.75, 3.05) is 26.3 Å². The summed E-state index contributed by atoms with van der Waals surface area (Å²) in [7, 11) is 0. The molecule has 3 rings (SSSR count). The molecule has 0 bridgehead atoms.